The third-order valence-electron chi connectivity index (χ3n) is 3.72. The molecular weight excluding hydrogens is 247 g/mol. The van der Waals surface area contributed by atoms with Gasteiger partial charge in [-0.05, 0) is 43.9 Å². The van der Waals surface area contributed by atoms with E-state index < -0.39 is 7.60 Å². The summed E-state index contributed by atoms with van der Waals surface area (Å²) in [6.07, 6.45) is 5.13. The summed E-state index contributed by atoms with van der Waals surface area (Å²) < 4.78 is 17.9. The Morgan fingerprint density at radius 3 is 2.56 bits per heavy atom. The molecule has 1 aromatic rings. The maximum absolute atomic E-state index is 12.4. The summed E-state index contributed by atoms with van der Waals surface area (Å²) in [5.41, 5.74) is 1.88. The van der Waals surface area contributed by atoms with Gasteiger partial charge in [0.2, 0.25) is 0 Å². The van der Waals surface area contributed by atoms with Crippen LogP contribution in [0.3, 0.4) is 0 Å². The molecule has 0 amide bonds. The predicted molar refractivity (Wildman–Crippen MR) is 73.3 cm³/mol. The molecule has 1 fully saturated rings. The third-order valence-corrected chi connectivity index (χ3v) is 5.40. The fourth-order valence-electron chi connectivity index (χ4n) is 2.47. The lowest BCUT2D eigenvalue weighted by atomic mass is 9.98. The molecule has 0 radical (unpaired) electrons. The molecule has 1 aliphatic rings. The van der Waals surface area contributed by atoms with Crippen molar-refractivity contribution in [2.75, 3.05) is 0 Å². The summed E-state index contributed by atoms with van der Waals surface area (Å²) in [4.78, 5) is 10.2. The van der Waals surface area contributed by atoms with Crippen LogP contribution in [-0.2, 0) is 9.09 Å². The summed E-state index contributed by atoms with van der Waals surface area (Å²) >= 11 is 0. The lowest BCUT2D eigenvalue weighted by Gasteiger charge is -2.25. The minimum atomic E-state index is -3.68. The van der Waals surface area contributed by atoms with Gasteiger partial charge < -0.3 is 9.42 Å². The monoisotopic (exact) mass is 268 g/mol. The molecule has 0 saturated heterocycles. The maximum atomic E-state index is 12.4. The molecule has 4 heteroatoms. The lowest BCUT2D eigenvalue weighted by molar-refractivity contribution is 0.140. The smallest absolute Gasteiger partial charge is 0.321 e. The minimum absolute atomic E-state index is 0.0607. The van der Waals surface area contributed by atoms with Crippen molar-refractivity contribution < 1.29 is 14.0 Å². The average molecular weight is 268 g/mol. The largest absolute Gasteiger partial charge is 0.359 e. The number of benzene rings is 1. The van der Waals surface area contributed by atoms with Crippen molar-refractivity contribution in [2.24, 2.45) is 0 Å². The average Bonchev–Trinajstić information content (AvgIpc) is 2.33. The summed E-state index contributed by atoms with van der Waals surface area (Å²) in [6, 6.07) is 5.45. The van der Waals surface area contributed by atoms with Gasteiger partial charge in [0.25, 0.3) is 0 Å². The molecule has 100 valence electrons. The molecule has 1 N–H and O–H groups in total. The van der Waals surface area contributed by atoms with E-state index in [4.69, 9.17) is 4.52 Å². The van der Waals surface area contributed by atoms with Gasteiger partial charge in [-0.25, -0.2) is 0 Å². The highest BCUT2D eigenvalue weighted by Crippen LogP contribution is 2.45. The van der Waals surface area contributed by atoms with Crippen LogP contribution in [0.15, 0.2) is 18.2 Å². The number of aryl methyl sites for hydroxylation is 1. The molecule has 1 aliphatic carbocycles. The second-order valence-corrected chi connectivity index (χ2v) is 6.84. The topological polar surface area (TPSA) is 46.5 Å². The quantitative estimate of drug-likeness (QED) is 0.854. The van der Waals surface area contributed by atoms with Gasteiger partial charge in [0.15, 0.2) is 0 Å². The number of hydrogen-bond acceptors (Lipinski definition) is 2. The second-order valence-electron chi connectivity index (χ2n) is 5.10. The summed E-state index contributed by atoms with van der Waals surface area (Å²) in [6.45, 7) is 3.82. The Balaban J connectivity index is 2.19. The van der Waals surface area contributed by atoms with Crippen LogP contribution >= 0.6 is 7.60 Å². The van der Waals surface area contributed by atoms with Crippen LogP contribution < -0.4 is 5.30 Å². The van der Waals surface area contributed by atoms with Crippen LogP contribution in [0.5, 0.6) is 0 Å². The van der Waals surface area contributed by atoms with Gasteiger partial charge in [-0.2, -0.15) is 0 Å². The first-order chi connectivity index (χ1) is 8.50. The third kappa shape index (κ3) is 3.03. The van der Waals surface area contributed by atoms with Crippen LogP contribution in [0.25, 0.3) is 0 Å². The van der Waals surface area contributed by atoms with Gasteiger partial charge in [-0.1, -0.05) is 31.4 Å². The van der Waals surface area contributed by atoms with Gasteiger partial charge in [0.05, 0.1) is 11.4 Å². The van der Waals surface area contributed by atoms with E-state index in [-0.39, 0.29) is 6.10 Å². The molecule has 1 unspecified atom stereocenters. The molecule has 1 aromatic carbocycles. The summed E-state index contributed by atoms with van der Waals surface area (Å²) in [5.74, 6) is 0. The molecule has 0 aliphatic heterocycles. The van der Waals surface area contributed by atoms with E-state index in [2.05, 4.69) is 0 Å². The van der Waals surface area contributed by atoms with E-state index in [9.17, 15) is 9.46 Å². The van der Waals surface area contributed by atoms with E-state index in [0.717, 1.165) is 36.8 Å². The Labute approximate surface area is 109 Å². The van der Waals surface area contributed by atoms with Gasteiger partial charge >= 0.3 is 7.60 Å². The molecule has 1 saturated carbocycles. The zero-order chi connectivity index (χ0) is 13.2. The first kappa shape index (κ1) is 13.8. The normalized spacial score (nSPS) is 20.6. The fourth-order valence-corrected chi connectivity index (χ4v) is 4.07. The van der Waals surface area contributed by atoms with E-state index in [1.165, 1.54) is 6.42 Å². The molecule has 0 heterocycles. The van der Waals surface area contributed by atoms with E-state index in [1.54, 1.807) is 6.07 Å². The fraction of sp³-hybridized carbons (Fsp3) is 0.571. The van der Waals surface area contributed by atoms with Crippen molar-refractivity contribution in [3.8, 4) is 0 Å². The van der Waals surface area contributed by atoms with E-state index in [0.29, 0.717) is 5.30 Å². The highest BCUT2D eigenvalue weighted by atomic mass is 31.2. The highest BCUT2D eigenvalue weighted by Gasteiger charge is 2.29. The Morgan fingerprint density at radius 1 is 1.22 bits per heavy atom. The molecular formula is C14H21O3P. The van der Waals surface area contributed by atoms with Crippen LogP contribution in [0.1, 0.15) is 43.2 Å². The molecule has 1 atom stereocenters. The van der Waals surface area contributed by atoms with Crippen molar-refractivity contribution in [3.63, 3.8) is 0 Å². The summed E-state index contributed by atoms with van der Waals surface area (Å²) in [7, 11) is -3.68. The summed E-state index contributed by atoms with van der Waals surface area (Å²) in [5, 5.41) is 0.452. The first-order valence-corrected chi connectivity index (χ1v) is 8.16. The SMILES string of the molecule is Cc1cccc(P(=O)(O)OC2CCCCC2)c1C. The highest BCUT2D eigenvalue weighted by molar-refractivity contribution is 7.61. The Kier molecular flexibility index (Phi) is 4.26. The first-order valence-electron chi connectivity index (χ1n) is 6.58. The van der Waals surface area contributed by atoms with Gasteiger partial charge in [0, 0.05) is 0 Å². The molecule has 0 aromatic heterocycles. The molecule has 18 heavy (non-hydrogen) atoms. The second kappa shape index (κ2) is 5.56. The van der Waals surface area contributed by atoms with Gasteiger partial charge in [0.1, 0.15) is 0 Å². The zero-order valence-electron chi connectivity index (χ0n) is 11.1. The zero-order valence-corrected chi connectivity index (χ0v) is 12.0. The van der Waals surface area contributed by atoms with Crippen LogP contribution in [0.4, 0.5) is 0 Å². The van der Waals surface area contributed by atoms with Crippen molar-refractivity contribution in [1.82, 2.24) is 0 Å². The van der Waals surface area contributed by atoms with Crippen LogP contribution in [0.2, 0.25) is 0 Å². The lowest BCUT2D eigenvalue weighted by Crippen LogP contribution is -2.20. The van der Waals surface area contributed by atoms with Crippen LogP contribution in [0, 0.1) is 13.8 Å². The van der Waals surface area contributed by atoms with Crippen molar-refractivity contribution in [1.29, 1.82) is 0 Å². The minimum Gasteiger partial charge on any atom is -0.321 e. The van der Waals surface area contributed by atoms with E-state index >= 15 is 0 Å². The Morgan fingerprint density at radius 2 is 1.89 bits per heavy atom. The van der Waals surface area contributed by atoms with Crippen molar-refractivity contribution in [3.05, 3.63) is 29.3 Å². The Hall–Kier alpha value is -0.630. The Bertz CT molecular complexity index is 464. The molecule has 0 bridgehead atoms. The predicted octanol–water partition coefficient (Wildman–Crippen LogP) is 3.46. The van der Waals surface area contributed by atoms with Crippen molar-refractivity contribution in [2.45, 2.75) is 52.1 Å². The van der Waals surface area contributed by atoms with Gasteiger partial charge in [-0.3, -0.25) is 4.57 Å². The van der Waals surface area contributed by atoms with E-state index in [1.807, 2.05) is 26.0 Å². The molecule has 3 nitrogen and oxygen atoms in total. The van der Waals surface area contributed by atoms with Crippen molar-refractivity contribution >= 4 is 12.9 Å². The maximum Gasteiger partial charge on any atom is 0.359 e. The number of rotatable bonds is 3. The molecule has 2 rings (SSSR count). The van der Waals surface area contributed by atoms with Gasteiger partial charge in [-0.15, -0.1) is 0 Å². The van der Waals surface area contributed by atoms with Crippen LogP contribution in [-0.4, -0.2) is 11.0 Å². The number of hydrogen-bond donors (Lipinski definition) is 1. The standard InChI is InChI=1S/C14H21O3P/c1-11-7-6-10-14(12(11)2)18(15,16)17-13-8-4-3-5-9-13/h6-7,10,13H,3-5,8-9H2,1-2H3,(H,15,16). The molecule has 0 spiro atoms.